The Labute approximate surface area is 175 Å². The second-order valence-electron chi connectivity index (χ2n) is 6.81. The minimum absolute atomic E-state index is 0.182. The topological polar surface area (TPSA) is 64.4 Å². The monoisotopic (exact) mass is 412 g/mol. The molecular weight excluding hydrogens is 388 g/mol. The average Bonchev–Trinajstić information content (AvgIpc) is 3.06. The molecule has 1 N–H and O–H groups in total. The van der Waals surface area contributed by atoms with E-state index in [0.29, 0.717) is 23.0 Å². The van der Waals surface area contributed by atoms with Crippen LogP contribution >= 0.6 is 11.6 Å². The van der Waals surface area contributed by atoms with E-state index in [1.165, 1.54) is 7.11 Å². The van der Waals surface area contributed by atoms with Crippen molar-refractivity contribution < 1.29 is 14.6 Å². The number of hydrogen-bond donors (Lipinski definition) is 1. The number of hydrogen-bond acceptors (Lipinski definition) is 4. The number of aliphatic hydroxyl groups is 1. The molecule has 3 rings (SSSR count). The van der Waals surface area contributed by atoms with Crippen LogP contribution in [0.4, 0.5) is 0 Å². The van der Waals surface area contributed by atoms with Crippen molar-refractivity contribution in [1.29, 1.82) is 0 Å². The van der Waals surface area contributed by atoms with Crippen LogP contribution in [0.3, 0.4) is 0 Å². The first-order chi connectivity index (χ1) is 14.1. The first-order valence-corrected chi connectivity index (χ1v) is 10.1. The zero-order chi connectivity index (χ0) is 20.8. The number of aromatic nitrogens is 2. The van der Waals surface area contributed by atoms with Gasteiger partial charge in [-0.1, -0.05) is 67.4 Å². The van der Waals surface area contributed by atoms with E-state index in [-0.39, 0.29) is 12.6 Å². The second kappa shape index (κ2) is 9.72. The molecule has 0 saturated heterocycles. The Balaban J connectivity index is 2.08. The fourth-order valence-corrected chi connectivity index (χ4v) is 3.72. The van der Waals surface area contributed by atoms with Crippen molar-refractivity contribution in [2.45, 2.75) is 39.3 Å². The third-order valence-electron chi connectivity index (χ3n) is 4.97. The number of methoxy groups -OCH3 is 1. The molecule has 5 nitrogen and oxygen atoms in total. The van der Waals surface area contributed by atoms with Gasteiger partial charge in [-0.2, -0.15) is 0 Å². The number of carbonyl (C=O) groups excluding carboxylic acids is 1. The van der Waals surface area contributed by atoms with Crippen LogP contribution in [0, 0.1) is 0 Å². The van der Waals surface area contributed by atoms with E-state index in [1.54, 1.807) is 6.07 Å². The Bertz CT molecular complexity index is 998. The number of imidazole rings is 1. The Morgan fingerprint density at radius 3 is 2.52 bits per heavy atom. The van der Waals surface area contributed by atoms with Crippen molar-refractivity contribution in [1.82, 2.24) is 9.55 Å². The fraction of sp³-hybridized carbons (Fsp3) is 0.304. The average molecular weight is 413 g/mol. The highest BCUT2D eigenvalue weighted by Gasteiger charge is 2.19. The van der Waals surface area contributed by atoms with Crippen LogP contribution < -0.4 is 0 Å². The Hall–Kier alpha value is -2.63. The van der Waals surface area contributed by atoms with Gasteiger partial charge in [0.05, 0.1) is 25.0 Å². The molecule has 0 atom stereocenters. The maximum Gasteiger partial charge on any atom is 0.338 e. The summed E-state index contributed by atoms with van der Waals surface area (Å²) < 4.78 is 6.94. The number of aliphatic hydroxyl groups excluding tert-OH is 1. The van der Waals surface area contributed by atoms with Crippen LogP contribution in [-0.4, -0.2) is 27.7 Å². The van der Waals surface area contributed by atoms with Crippen molar-refractivity contribution in [2.75, 3.05) is 7.11 Å². The molecule has 2 aromatic carbocycles. The Morgan fingerprint density at radius 2 is 1.83 bits per heavy atom. The number of unbranched alkanes of at least 4 members (excludes halogenated alkanes) is 1. The molecule has 0 amide bonds. The predicted octanol–water partition coefficient (Wildman–Crippen LogP) is 4.87. The highest BCUT2D eigenvalue weighted by molar-refractivity contribution is 6.30. The third-order valence-corrected chi connectivity index (χ3v) is 5.28. The van der Waals surface area contributed by atoms with Crippen molar-refractivity contribution in [3.8, 4) is 11.1 Å². The molecular formula is C23H25ClN2O3. The summed E-state index contributed by atoms with van der Waals surface area (Å²) in [5.74, 6) is 0.484. The van der Waals surface area contributed by atoms with Gasteiger partial charge in [0.15, 0.2) is 5.15 Å². The van der Waals surface area contributed by atoms with Crippen LogP contribution in [0.2, 0.25) is 5.15 Å². The molecule has 1 heterocycles. The largest absolute Gasteiger partial charge is 0.465 e. The van der Waals surface area contributed by atoms with Crippen LogP contribution in [0.15, 0.2) is 48.5 Å². The molecule has 0 spiro atoms. The SMILES string of the molecule is CCCCc1nc(Cl)c(CO)n1Cc1ccccc1-c1ccccc1C(=O)OC. The Kier molecular flexibility index (Phi) is 7.07. The molecule has 29 heavy (non-hydrogen) atoms. The molecule has 0 radical (unpaired) electrons. The van der Waals surface area contributed by atoms with E-state index in [4.69, 9.17) is 16.3 Å². The van der Waals surface area contributed by atoms with Gasteiger partial charge >= 0.3 is 5.97 Å². The van der Waals surface area contributed by atoms with Crippen LogP contribution in [0.25, 0.3) is 11.1 Å². The third kappa shape index (κ3) is 4.52. The van der Waals surface area contributed by atoms with E-state index >= 15 is 0 Å². The van der Waals surface area contributed by atoms with E-state index in [0.717, 1.165) is 41.8 Å². The van der Waals surface area contributed by atoms with Crippen LogP contribution in [-0.2, 0) is 24.3 Å². The number of rotatable bonds is 8. The quantitative estimate of drug-likeness (QED) is 0.536. The lowest BCUT2D eigenvalue weighted by atomic mass is 9.95. The van der Waals surface area contributed by atoms with Gasteiger partial charge in [0.2, 0.25) is 0 Å². The van der Waals surface area contributed by atoms with Gasteiger partial charge < -0.3 is 14.4 Å². The summed E-state index contributed by atoms with van der Waals surface area (Å²) in [6.45, 7) is 2.44. The molecule has 3 aromatic rings. The van der Waals surface area contributed by atoms with Crippen molar-refractivity contribution in [3.05, 3.63) is 76.3 Å². The van der Waals surface area contributed by atoms with Crippen molar-refractivity contribution in [2.24, 2.45) is 0 Å². The standard InChI is InChI=1S/C23H25ClN2O3/c1-3-4-13-21-25-22(24)20(15-27)26(21)14-16-9-5-6-10-17(16)18-11-7-8-12-19(18)23(28)29-2/h5-12,27H,3-4,13-15H2,1-2H3. The number of ether oxygens (including phenoxy) is 1. The van der Waals surface area contributed by atoms with Crippen molar-refractivity contribution >= 4 is 17.6 Å². The van der Waals surface area contributed by atoms with Gasteiger partial charge in [0.25, 0.3) is 0 Å². The first kappa shape index (κ1) is 21.1. The maximum atomic E-state index is 12.3. The van der Waals surface area contributed by atoms with Gasteiger partial charge in [-0.25, -0.2) is 9.78 Å². The van der Waals surface area contributed by atoms with Gasteiger partial charge in [0.1, 0.15) is 5.82 Å². The maximum absolute atomic E-state index is 12.3. The number of carbonyl (C=O) groups is 1. The number of benzene rings is 2. The zero-order valence-electron chi connectivity index (χ0n) is 16.7. The minimum Gasteiger partial charge on any atom is -0.465 e. The van der Waals surface area contributed by atoms with Gasteiger partial charge in [-0.05, 0) is 29.2 Å². The zero-order valence-corrected chi connectivity index (χ0v) is 17.4. The molecule has 0 unspecified atom stereocenters. The summed E-state index contributed by atoms with van der Waals surface area (Å²) in [7, 11) is 1.38. The smallest absolute Gasteiger partial charge is 0.338 e. The molecule has 6 heteroatoms. The fourth-order valence-electron chi connectivity index (χ4n) is 3.47. The van der Waals surface area contributed by atoms with Gasteiger partial charge in [0, 0.05) is 13.0 Å². The molecule has 0 aliphatic heterocycles. The summed E-state index contributed by atoms with van der Waals surface area (Å²) in [5.41, 5.74) is 3.87. The number of nitrogens with zero attached hydrogens (tertiary/aromatic N) is 2. The molecule has 0 saturated carbocycles. The number of aryl methyl sites for hydroxylation is 1. The molecule has 0 bridgehead atoms. The normalized spacial score (nSPS) is 10.9. The van der Waals surface area contributed by atoms with Crippen molar-refractivity contribution in [3.63, 3.8) is 0 Å². The summed E-state index contributed by atoms with van der Waals surface area (Å²) >= 11 is 6.28. The second-order valence-corrected chi connectivity index (χ2v) is 7.17. The van der Waals surface area contributed by atoms with Crippen LogP contribution in [0.5, 0.6) is 0 Å². The summed E-state index contributed by atoms with van der Waals surface area (Å²) in [5, 5.41) is 10.2. The molecule has 152 valence electrons. The van der Waals surface area contributed by atoms with E-state index in [1.807, 2.05) is 47.0 Å². The van der Waals surface area contributed by atoms with E-state index in [2.05, 4.69) is 11.9 Å². The van der Waals surface area contributed by atoms with Crippen LogP contribution in [0.1, 0.15) is 47.2 Å². The molecule has 0 aliphatic rings. The van der Waals surface area contributed by atoms with Gasteiger partial charge in [-0.3, -0.25) is 0 Å². The molecule has 0 fully saturated rings. The highest BCUT2D eigenvalue weighted by Crippen LogP contribution is 2.30. The summed E-state index contributed by atoms with van der Waals surface area (Å²) in [6.07, 6.45) is 2.82. The Morgan fingerprint density at radius 1 is 1.14 bits per heavy atom. The lowest BCUT2D eigenvalue weighted by Gasteiger charge is -2.16. The number of halogens is 1. The predicted molar refractivity (Wildman–Crippen MR) is 114 cm³/mol. The first-order valence-electron chi connectivity index (χ1n) is 9.70. The summed E-state index contributed by atoms with van der Waals surface area (Å²) in [6, 6.07) is 15.3. The minimum atomic E-state index is -0.374. The van der Waals surface area contributed by atoms with E-state index in [9.17, 15) is 9.90 Å². The van der Waals surface area contributed by atoms with E-state index < -0.39 is 0 Å². The highest BCUT2D eigenvalue weighted by atomic mass is 35.5. The lowest BCUT2D eigenvalue weighted by molar-refractivity contribution is 0.0601. The molecule has 0 aliphatic carbocycles. The summed E-state index contributed by atoms with van der Waals surface area (Å²) in [4.78, 5) is 16.7. The lowest BCUT2D eigenvalue weighted by Crippen LogP contribution is -2.11. The molecule has 1 aromatic heterocycles. The van der Waals surface area contributed by atoms with Gasteiger partial charge in [-0.15, -0.1) is 0 Å². The number of esters is 1.